The summed E-state index contributed by atoms with van der Waals surface area (Å²) in [7, 11) is 1.62. The van der Waals surface area contributed by atoms with Gasteiger partial charge in [0.15, 0.2) is 0 Å². The largest absolute Gasteiger partial charge is 0.311 e. The van der Waals surface area contributed by atoms with Crippen molar-refractivity contribution in [3.63, 3.8) is 0 Å². The van der Waals surface area contributed by atoms with Crippen LogP contribution in [0.1, 0.15) is 10.4 Å². The normalized spacial score (nSPS) is 10.7. The minimum atomic E-state index is -0.369. The van der Waals surface area contributed by atoms with Crippen molar-refractivity contribution >= 4 is 22.5 Å². The molecule has 0 saturated heterocycles. The molecule has 1 aromatic heterocycles. The molecular weight excluding hydrogens is 257 g/mol. The zero-order valence-corrected chi connectivity index (χ0v) is 10.8. The molecule has 0 aliphatic carbocycles. The first-order valence-corrected chi connectivity index (χ1v) is 6.12. The highest BCUT2D eigenvalue weighted by molar-refractivity contribution is 6.07. The second-order valence-corrected chi connectivity index (χ2v) is 4.52. The van der Waals surface area contributed by atoms with Crippen LogP contribution >= 0.6 is 0 Å². The number of aromatic amines is 1. The molecule has 0 aliphatic heterocycles. The monoisotopic (exact) mass is 269 g/mol. The zero-order chi connectivity index (χ0) is 14.1. The Morgan fingerprint density at radius 2 is 2.10 bits per heavy atom. The Hall–Kier alpha value is -2.69. The maximum Gasteiger partial charge on any atom is 0.258 e. The van der Waals surface area contributed by atoms with E-state index in [1.54, 1.807) is 37.5 Å². The van der Waals surface area contributed by atoms with Gasteiger partial charge in [-0.25, -0.2) is 4.39 Å². The number of H-pyrrole nitrogens is 1. The van der Waals surface area contributed by atoms with Crippen molar-refractivity contribution in [1.82, 2.24) is 10.2 Å². The molecule has 20 heavy (non-hydrogen) atoms. The number of amides is 1. The Morgan fingerprint density at radius 3 is 2.90 bits per heavy atom. The number of halogens is 1. The van der Waals surface area contributed by atoms with E-state index in [2.05, 4.69) is 10.2 Å². The molecule has 4 nitrogen and oxygen atoms in total. The van der Waals surface area contributed by atoms with Crippen molar-refractivity contribution in [2.24, 2.45) is 0 Å². The number of carbonyl (C=O) groups is 1. The Morgan fingerprint density at radius 1 is 1.25 bits per heavy atom. The number of nitrogens with zero attached hydrogens (tertiary/aromatic N) is 2. The predicted molar refractivity (Wildman–Crippen MR) is 75.2 cm³/mol. The second-order valence-electron chi connectivity index (χ2n) is 4.52. The van der Waals surface area contributed by atoms with Crippen molar-refractivity contribution in [2.75, 3.05) is 11.9 Å². The quantitative estimate of drug-likeness (QED) is 0.777. The average molecular weight is 269 g/mol. The molecule has 5 heteroatoms. The van der Waals surface area contributed by atoms with Crippen LogP contribution in [0, 0.1) is 5.82 Å². The Kier molecular flexibility index (Phi) is 2.95. The van der Waals surface area contributed by atoms with Crippen LogP contribution in [0.3, 0.4) is 0 Å². The van der Waals surface area contributed by atoms with Crippen molar-refractivity contribution in [3.8, 4) is 0 Å². The van der Waals surface area contributed by atoms with Crippen LogP contribution in [0.15, 0.2) is 48.7 Å². The first-order chi connectivity index (χ1) is 9.65. The van der Waals surface area contributed by atoms with Gasteiger partial charge in [0, 0.05) is 23.7 Å². The highest BCUT2D eigenvalue weighted by atomic mass is 19.1. The molecule has 1 N–H and O–H groups in total. The number of nitrogens with one attached hydrogen (secondary N) is 1. The number of benzene rings is 2. The van der Waals surface area contributed by atoms with Gasteiger partial charge in [0.25, 0.3) is 5.91 Å². The van der Waals surface area contributed by atoms with Crippen molar-refractivity contribution in [3.05, 3.63) is 60.0 Å². The molecule has 0 fully saturated rings. The van der Waals surface area contributed by atoms with Gasteiger partial charge in [-0.2, -0.15) is 5.10 Å². The number of fused-ring (bicyclic) bond motifs is 1. The Labute approximate surface area is 114 Å². The van der Waals surface area contributed by atoms with Crippen molar-refractivity contribution in [1.29, 1.82) is 0 Å². The van der Waals surface area contributed by atoms with Crippen LogP contribution < -0.4 is 4.90 Å². The first-order valence-electron chi connectivity index (χ1n) is 6.12. The lowest BCUT2D eigenvalue weighted by atomic mass is 10.1. The number of rotatable bonds is 2. The second kappa shape index (κ2) is 4.77. The van der Waals surface area contributed by atoms with Gasteiger partial charge in [-0.3, -0.25) is 9.89 Å². The molecule has 2 aromatic carbocycles. The summed E-state index contributed by atoms with van der Waals surface area (Å²) in [5, 5.41) is 7.68. The summed E-state index contributed by atoms with van der Waals surface area (Å²) in [6.45, 7) is 0. The van der Waals surface area contributed by atoms with E-state index in [4.69, 9.17) is 0 Å². The molecule has 0 spiro atoms. The summed E-state index contributed by atoms with van der Waals surface area (Å²) < 4.78 is 13.2. The van der Waals surface area contributed by atoms with Gasteiger partial charge >= 0.3 is 0 Å². The van der Waals surface area contributed by atoms with Gasteiger partial charge in [-0.15, -0.1) is 0 Å². The summed E-state index contributed by atoms with van der Waals surface area (Å²) in [4.78, 5) is 13.8. The highest BCUT2D eigenvalue weighted by Crippen LogP contribution is 2.19. The van der Waals surface area contributed by atoms with E-state index in [-0.39, 0.29) is 11.7 Å². The lowest BCUT2D eigenvalue weighted by Crippen LogP contribution is -2.26. The molecule has 0 saturated carbocycles. The molecule has 100 valence electrons. The Bertz CT molecular complexity index is 781. The number of carbonyl (C=O) groups excluding carboxylic acids is 1. The summed E-state index contributed by atoms with van der Waals surface area (Å²) in [5.74, 6) is -0.571. The molecule has 3 aromatic rings. The molecule has 3 rings (SSSR count). The lowest BCUT2D eigenvalue weighted by molar-refractivity contribution is 0.0993. The summed E-state index contributed by atoms with van der Waals surface area (Å²) >= 11 is 0. The zero-order valence-electron chi connectivity index (χ0n) is 10.8. The van der Waals surface area contributed by atoms with Gasteiger partial charge < -0.3 is 4.90 Å². The number of hydrogen-bond acceptors (Lipinski definition) is 2. The minimum absolute atomic E-state index is 0.202. The molecule has 1 amide bonds. The van der Waals surface area contributed by atoms with E-state index in [0.717, 1.165) is 10.9 Å². The van der Waals surface area contributed by atoms with E-state index >= 15 is 0 Å². The standard InChI is InChI=1S/C15H12FN3O/c1-19(13-4-2-3-12(16)8-13)15(20)10-5-6-11-9-17-18-14(11)7-10/h2-9H,1H3,(H,17,18). The van der Waals surface area contributed by atoms with E-state index in [1.807, 2.05) is 6.07 Å². The van der Waals surface area contributed by atoms with Crippen molar-refractivity contribution in [2.45, 2.75) is 0 Å². The third kappa shape index (κ3) is 2.14. The molecule has 1 heterocycles. The average Bonchev–Trinajstić information content (AvgIpc) is 2.93. The number of aromatic nitrogens is 2. The minimum Gasteiger partial charge on any atom is -0.311 e. The maximum atomic E-state index is 13.2. The van der Waals surface area contributed by atoms with E-state index in [9.17, 15) is 9.18 Å². The molecule has 0 aliphatic rings. The van der Waals surface area contributed by atoms with Gasteiger partial charge in [0.1, 0.15) is 5.82 Å². The smallest absolute Gasteiger partial charge is 0.258 e. The predicted octanol–water partition coefficient (Wildman–Crippen LogP) is 2.98. The van der Waals surface area contributed by atoms with Crippen LogP contribution in [0.25, 0.3) is 10.9 Å². The SMILES string of the molecule is CN(C(=O)c1ccc2cn[nH]c2c1)c1cccc(F)c1. The first kappa shape index (κ1) is 12.3. The third-order valence-corrected chi connectivity index (χ3v) is 3.19. The summed E-state index contributed by atoms with van der Waals surface area (Å²) in [6.07, 6.45) is 1.69. The van der Waals surface area contributed by atoms with Crippen LogP contribution in [-0.2, 0) is 0 Å². The van der Waals surface area contributed by atoms with E-state index in [1.165, 1.54) is 17.0 Å². The molecule has 0 radical (unpaired) electrons. The fraction of sp³-hybridized carbons (Fsp3) is 0.0667. The fourth-order valence-corrected chi connectivity index (χ4v) is 2.07. The number of anilines is 1. The summed E-state index contributed by atoms with van der Waals surface area (Å²) in [6, 6.07) is 11.2. The topological polar surface area (TPSA) is 49.0 Å². The Balaban J connectivity index is 1.94. The van der Waals surface area contributed by atoms with Crippen LogP contribution in [-0.4, -0.2) is 23.2 Å². The van der Waals surface area contributed by atoms with Gasteiger partial charge in [-0.05, 0) is 30.3 Å². The molecule has 0 unspecified atom stereocenters. The molecular formula is C15H12FN3O. The van der Waals surface area contributed by atoms with Crippen LogP contribution in [0.5, 0.6) is 0 Å². The third-order valence-electron chi connectivity index (χ3n) is 3.19. The van der Waals surface area contributed by atoms with Gasteiger partial charge in [0.05, 0.1) is 11.7 Å². The number of hydrogen-bond donors (Lipinski definition) is 1. The van der Waals surface area contributed by atoms with E-state index < -0.39 is 0 Å². The molecule has 0 bridgehead atoms. The van der Waals surface area contributed by atoms with Gasteiger partial charge in [-0.1, -0.05) is 12.1 Å². The van der Waals surface area contributed by atoms with Crippen LogP contribution in [0.2, 0.25) is 0 Å². The summed E-state index contributed by atoms with van der Waals surface area (Å²) in [5.41, 5.74) is 1.83. The van der Waals surface area contributed by atoms with Crippen molar-refractivity contribution < 1.29 is 9.18 Å². The molecule has 0 atom stereocenters. The van der Waals surface area contributed by atoms with Crippen LogP contribution in [0.4, 0.5) is 10.1 Å². The van der Waals surface area contributed by atoms with E-state index in [0.29, 0.717) is 11.3 Å². The van der Waals surface area contributed by atoms with Gasteiger partial charge in [0.2, 0.25) is 0 Å². The lowest BCUT2D eigenvalue weighted by Gasteiger charge is -2.17. The highest BCUT2D eigenvalue weighted by Gasteiger charge is 2.14. The maximum absolute atomic E-state index is 13.2. The fourth-order valence-electron chi connectivity index (χ4n) is 2.07.